The fourth-order valence-electron chi connectivity index (χ4n) is 1.91. The highest BCUT2D eigenvalue weighted by Crippen LogP contribution is 2.26. The lowest BCUT2D eigenvalue weighted by molar-refractivity contribution is -0.171. The molecule has 0 aromatic carbocycles. The molecule has 0 bridgehead atoms. The average molecular weight is 193 g/mol. The first kappa shape index (κ1) is 10.9. The van der Waals surface area contributed by atoms with Crippen LogP contribution in [-0.4, -0.2) is 26.3 Å². The third-order valence-electron chi connectivity index (χ3n) is 2.58. The SMILES string of the molecule is CNCC1CCC(OC(F)F)CC1. The van der Waals surface area contributed by atoms with E-state index < -0.39 is 6.61 Å². The zero-order valence-corrected chi connectivity index (χ0v) is 7.93. The molecule has 1 aliphatic carbocycles. The van der Waals surface area contributed by atoms with Gasteiger partial charge in [0.05, 0.1) is 6.10 Å². The van der Waals surface area contributed by atoms with Crippen LogP contribution in [0.2, 0.25) is 0 Å². The first-order valence-corrected chi connectivity index (χ1v) is 4.80. The minimum atomic E-state index is -2.61. The Morgan fingerprint density at radius 1 is 1.31 bits per heavy atom. The predicted octanol–water partition coefficient (Wildman–Crippen LogP) is 2.00. The van der Waals surface area contributed by atoms with Crippen molar-refractivity contribution in [2.24, 2.45) is 5.92 Å². The summed E-state index contributed by atoms with van der Waals surface area (Å²) < 4.78 is 28.1. The summed E-state index contributed by atoms with van der Waals surface area (Å²) in [6, 6.07) is 0. The van der Waals surface area contributed by atoms with E-state index in [1.807, 2.05) is 7.05 Å². The maximum absolute atomic E-state index is 11.8. The maximum atomic E-state index is 11.8. The zero-order valence-electron chi connectivity index (χ0n) is 7.93. The lowest BCUT2D eigenvalue weighted by atomic mass is 9.87. The van der Waals surface area contributed by atoms with Crippen LogP contribution in [0.15, 0.2) is 0 Å². The number of alkyl halides is 2. The number of hydrogen-bond acceptors (Lipinski definition) is 2. The van der Waals surface area contributed by atoms with Crippen molar-refractivity contribution in [2.75, 3.05) is 13.6 Å². The van der Waals surface area contributed by atoms with Gasteiger partial charge in [0.25, 0.3) is 0 Å². The van der Waals surface area contributed by atoms with Gasteiger partial charge in [-0.15, -0.1) is 0 Å². The molecule has 0 saturated heterocycles. The van der Waals surface area contributed by atoms with Crippen molar-refractivity contribution in [3.63, 3.8) is 0 Å². The fraction of sp³-hybridized carbons (Fsp3) is 1.00. The summed E-state index contributed by atoms with van der Waals surface area (Å²) >= 11 is 0. The van der Waals surface area contributed by atoms with E-state index in [4.69, 9.17) is 0 Å². The Morgan fingerprint density at radius 2 is 1.92 bits per heavy atom. The van der Waals surface area contributed by atoms with E-state index in [-0.39, 0.29) is 6.10 Å². The van der Waals surface area contributed by atoms with Gasteiger partial charge in [0.15, 0.2) is 0 Å². The van der Waals surface area contributed by atoms with Crippen molar-refractivity contribution in [3.8, 4) is 0 Å². The number of rotatable bonds is 4. The Morgan fingerprint density at radius 3 is 2.38 bits per heavy atom. The van der Waals surface area contributed by atoms with Gasteiger partial charge in [-0.1, -0.05) is 0 Å². The number of halogens is 2. The highest BCUT2D eigenvalue weighted by atomic mass is 19.3. The molecule has 0 spiro atoms. The number of ether oxygens (including phenoxy) is 1. The van der Waals surface area contributed by atoms with E-state index in [1.54, 1.807) is 0 Å². The fourth-order valence-corrected chi connectivity index (χ4v) is 1.91. The van der Waals surface area contributed by atoms with Gasteiger partial charge in [0, 0.05) is 0 Å². The van der Waals surface area contributed by atoms with Gasteiger partial charge in [0.1, 0.15) is 0 Å². The topological polar surface area (TPSA) is 21.3 Å². The first-order valence-electron chi connectivity index (χ1n) is 4.80. The normalized spacial score (nSPS) is 29.5. The molecule has 1 fully saturated rings. The van der Waals surface area contributed by atoms with Crippen LogP contribution in [-0.2, 0) is 4.74 Å². The van der Waals surface area contributed by atoms with Crippen molar-refractivity contribution in [1.29, 1.82) is 0 Å². The molecule has 0 amide bonds. The molecule has 0 radical (unpaired) electrons. The molecule has 0 aromatic heterocycles. The van der Waals surface area contributed by atoms with E-state index in [2.05, 4.69) is 10.1 Å². The lowest BCUT2D eigenvalue weighted by Gasteiger charge is -2.27. The van der Waals surface area contributed by atoms with E-state index in [9.17, 15) is 8.78 Å². The van der Waals surface area contributed by atoms with Gasteiger partial charge < -0.3 is 10.1 Å². The second-order valence-electron chi connectivity index (χ2n) is 3.60. The molecule has 0 heterocycles. The molecule has 1 saturated carbocycles. The highest BCUT2D eigenvalue weighted by molar-refractivity contribution is 4.73. The molecular weight excluding hydrogens is 176 g/mol. The van der Waals surface area contributed by atoms with Crippen LogP contribution in [0, 0.1) is 5.92 Å². The summed E-state index contributed by atoms with van der Waals surface area (Å²) in [6.45, 7) is -1.62. The summed E-state index contributed by atoms with van der Waals surface area (Å²) in [5.74, 6) is 0.641. The van der Waals surface area contributed by atoms with Crippen LogP contribution in [0.4, 0.5) is 8.78 Å². The van der Waals surface area contributed by atoms with E-state index >= 15 is 0 Å². The average Bonchev–Trinajstić information content (AvgIpc) is 2.08. The minimum absolute atomic E-state index is 0.215. The van der Waals surface area contributed by atoms with Gasteiger partial charge in [-0.05, 0) is 45.2 Å². The number of hydrogen-bond donors (Lipinski definition) is 1. The van der Waals surface area contributed by atoms with Gasteiger partial charge in [-0.2, -0.15) is 8.78 Å². The monoisotopic (exact) mass is 193 g/mol. The van der Waals surface area contributed by atoms with Gasteiger partial charge in [-0.25, -0.2) is 0 Å². The van der Waals surface area contributed by atoms with Crippen molar-refractivity contribution in [3.05, 3.63) is 0 Å². The van der Waals surface area contributed by atoms with E-state index in [1.165, 1.54) is 0 Å². The van der Waals surface area contributed by atoms with Crippen LogP contribution >= 0.6 is 0 Å². The Balaban J connectivity index is 2.15. The molecule has 0 atom stereocenters. The zero-order chi connectivity index (χ0) is 9.68. The van der Waals surface area contributed by atoms with Crippen LogP contribution < -0.4 is 5.32 Å². The predicted molar refractivity (Wildman–Crippen MR) is 46.8 cm³/mol. The molecular formula is C9H17F2NO. The lowest BCUT2D eigenvalue weighted by Crippen LogP contribution is -2.28. The summed E-state index contributed by atoms with van der Waals surface area (Å²) in [5, 5.41) is 3.10. The van der Waals surface area contributed by atoms with Crippen LogP contribution in [0.5, 0.6) is 0 Å². The smallest absolute Gasteiger partial charge is 0.320 e. The van der Waals surface area contributed by atoms with E-state index in [0.717, 1.165) is 32.2 Å². The summed E-state index contributed by atoms with van der Waals surface area (Å²) in [6.07, 6.45) is 3.33. The molecule has 0 unspecified atom stereocenters. The molecule has 4 heteroatoms. The molecule has 13 heavy (non-hydrogen) atoms. The van der Waals surface area contributed by atoms with Gasteiger partial charge in [0.2, 0.25) is 0 Å². The molecule has 0 aliphatic heterocycles. The first-order chi connectivity index (χ1) is 6.22. The van der Waals surface area contributed by atoms with Gasteiger partial charge >= 0.3 is 6.61 Å². The van der Waals surface area contributed by atoms with Crippen molar-refractivity contribution in [2.45, 2.75) is 38.4 Å². The van der Waals surface area contributed by atoms with Crippen molar-refractivity contribution in [1.82, 2.24) is 5.32 Å². The van der Waals surface area contributed by atoms with Crippen LogP contribution in [0.25, 0.3) is 0 Å². The Bertz CT molecular complexity index is 136. The Hall–Kier alpha value is -0.220. The molecule has 0 aromatic rings. The Labute approximate surface area is 77.6 Å². The summed E-state index contributed by atoms with van der Waals surface area (Å²) in [4.78, 5) is 0. The van der Waals surface area contributed by atoms with E-state index in [0.29, 0.717) is 5.92 Å². The molecule has 1 N–H and O–H groups in total. The van der Waals surface area contributed by atoms with Crippen molar-refractivity contribution < 1.29 is 13.5 Å². The standard InChI is InChI=1S/C9H17F2NO/c1-12-6-7-2-4-8(5-3-7)13-9(10)11/h7-9,12H,2-6H2,1H3. The second kappa shape index (κ2) is 5.50. The quantitative estimate of drug-likeness (QED) is 0.737. The third kappa shape index (κ3) is 4.00. The molecule has 1 aliphatic rings. The minimum Gasteiger partial charge on any atom is -0.320 e. The van der Waals surface area contributed by atoms with Crippen molar-refractivity contribution >= 4 is 0 Å². The Kier molecular flexibility index (Phi) is 4.59. The second-order valence-corrected chi connectivity index (χ2v) is 3.60. The van der Waals surface area contributed by atoms with Crippen LogP contribution in [0.1, 0.15) is 25.7 Å². The largest absolute Gasteiger partial charge is 0.345 e. The maximum Gasteiger partial charge on any atom is 0.345 e. The highest BCUT2D eigenvalue weighted by Gasteiger charge is 2.23. The summed E-state index contributed by atoms with van der Waals surface area (Å²) in [7, 11) is 1.92. The third-order valence-corrected chi connectivity index (χ3v) is 2.58. The van der Waals surface area contributed by atoms with Crippen LogP contribution in [0.3, 0.4) is 0 Å². The molecule has 2 nitrogen and oxygen atoms in total. The summed E-state index contributed by atoms with van der Waals surface area (Å²) in [5.41, 5.74) is 0. The number of nitrogens with one attached hydrogen (secondary N) is 1. The molecule has 78 valence electrons. The molecule has 1 rings (SSSR count). The van der Waals surface area contributed by atoms with Gasteiger partial charge in [-0.3, -0.25) is 0 Å².